The fourth-order valence-corrected chi connectivity index (χ4v) is 5.24. The number of amides is 1. The summed E-state index contributed by atoms with van der Waals surface area (Å²) in [6.45, 7) is 3.85. The van der Waals surface area contributed by atoms with Gasteiger partial charge in [0.15, 0.2) is 5.82 Å². The molecule has 3 heterocycles. The number of hydrogen-bond acceptors (Lipinski definition) is 7. The Morgan fingerprint density at radius 1 is 1.21 bits per heavy atom. The normalized spacial score (nSPS) is 21.8. The smallest absolute Gasteiger partial charge is 0.236 e. The summed E-state index contributed by atoms with van der Waals surface area (Å²) >= 11 is 1.42. The van der Waals surface area contributed by atoms with Gasteiger partial charge in [0.1, 0.15) is 11.0 Å². The molecule has 2 N–H and O–H groups in total. The first kappa shape index (κ1) is 21.8. The molecule has 3 aromatic rings. The predicted molar refractivity (Wildman–Crippen MR) is 127 cm³/mol. The lowest BCUT2D eigenvalue weighted by molar-refractivity contribution is -0.121. The molecule has 1 saturated heterocycles. The van der Waals surface area contributed by atoms with Crippen molar-refractivity contribution in [3.05, 3.63) is 60.2 Å². The first-order chi connectivity index (χ1) is 16.2. The van der Waals surface area contributed by atoms with E-state index >= 15 is 0 Å². The molecule has 1 amide bonds. The van der Waals surface area contributed by atoms with Crippen molar-refractivity contribution < 1.29 is 14.3 Å². The molecular formula is C24H27N5O3S. The van der Waals surface area contributed by atoms with Gasteiger partial charge >= 0.3 is 0 Å². The molecule has 5 rings (SSSR count). The standard InChI is InChI=1S/C24H27N5O3S/c1-2-31-18-12-10-16(11-13-18)20-21(23(30)25-15-19-9-6-14-32-19)33-24-27-26-22(29(24)28-20)17-7-4-3-5-8-17/h3-5,7-8,10-13,19-21,28H,2,6,9,14-15H2,1H3,(H,25,30). The molecule has 172 valence electrons. The number of carbonyl (C=O) groups excluding carboxylic acids is 1. The molecule has 0 radical (unpaired) electrons. The zero-order chi connectivity index (χ0) is 22.6. The van der Waals surface area contributed by atoms with E-state index in [1.54, 1.807) is 0 Å². The Morgan fingerprint density at radius 2 is 2.03 bits per heavy atom. The van der Waals surface area contributed by atoms with Crippen LogP contribution in [0.1, 0.15) is 31.4 Å². The van der Waals surface area contributed by atoms with Gasteiger partial charge in [0, 0.05) is 18.7 Å². The Bertz CT molecular complexity index is 1080. The van der Waals surface area contributed by atoms with Crippen LogP contribution in [0.2, 0.25) is 0 Å². The minimum absolute atomic E-state index is 0.0441. The van der Waals surface area contributed by atoms with Crippen molar-refractivity contribution >= 4 is 17.7 Å². The second kappa shape index (κ2) is 9.84. The molecule has 1 fully saturated rings. The number of rotatable bonds is 7. The summed E-state index contributed by atoms with van der Waals surface area (Å²) in [6, 6.07) is 17.5. The molecule has 2 aromatic carbocycles. The van der Waals surface area contributed by atoms with Gasteiger partial charge in [0.05, 0.1) is 18.8 Å². The molecule has 0 saturated carbocycles. The van der Waals surface area contributed by atoms with Crippen molar-refractivity contribution in [2.24, 2.45) is 0 Å². The lowest BCUT2D eigenvalue weighted by Crippen LogP contribution is -2.45. The number of thioether (sulfide) groups is 1. The van der Waals surface area contributed by atoms with Gasteiger partial charge in [0.25, 0.3) is 0 Å². The lowest BCUT2D eigenvalue weighted by Gasteiger charge is -2.33. The molecule has 3 atom stereocenters. The first-order valence-electron chi connectivity index (χ1n) is 11.3. The average molecular weight is 466 g/mol. The Labute approximate surface area is 197 Å². The molecule has 0 bridgehead atoms. The number of nitrogens with one attached hydrogen (secondary N) is 2. The highest BCUT2D eigenvalue weighted by Gasteiger charge is 2.38. The van der Waals surface area contributed by atoms with Gasteiger partial charge < -0.3 is 20.2 Å². The van der Waals surface area contributed by atoms with Crippen molar-refractivity contribution in [3.8, 4) is 17.1 Å². The van der Waals surface area contributed by atoms with E-state index in [-0.39, 0.29) is 18.1 Å². The summed E-state index contributed by atoms with van der Waals surface area (Å²) in [5.74, 6) is 1.48. The molecule has 1 aromatic heterocycles. The van der Waals surface area contributed by atoms with Crippen LogP contribution in [-0.4, -0.2) is 51.9 Å². The molecule has 0 aliphatic carbocycles. The van der Waals surface area contributed by atoms with E-state index in [2.05, 4.69) is 20.9 Å². The Kier molecular flexibility index (Phi) is 6.50. The summed E-state index contributed by atoms with van der Waals surface area (Å²) in [5, 5.41) is 12.1. The third-order valence-electron chi connectivity index (χ3n) is 5.81. The van der Waals surface area contributed by atoms with Crippen LogP contribution in [0.3, 0.4) is 0 Å². The Morgan fingerprint density at radius 3 is 2.76 bits per heavy atom. The summed E-state index contributed by atoms with van der Waals surface area (Å²) in [4.78, 5) is 13.3. The monoisotopic (exact) mass is 465 g/mol. The predicted octanol–water partition coefficient (Wildman–Crippen LogP) is 3.40. The Hall–Kier alpha value is -3.04. The van der Waals surface area contributed by atoms with Gasteiger partial charge in [-0.25, -0.2) is 4.68 Å². The van der Waals surface area contributed by atoms with E-state index in [0.717, 1.165) is 36.3 Å². The number of aromatic nitrogens is 3. The fraction of sp³-hybridized carbons (Fsp3) is 0.375. The number of carbonyl (C=O) groups is 1. The molecule has 9 heteroatoms. The number of nitrogens with zero attached hydrogens (tertiary/aromatic N) is 3. The maximum Gasteiger partial charge on any atom is 0.236 e. The van der Waals surface area contributed by atoms with E-state index in [0.29, 0.717) is 24.1 Å². The van der Waals surface area contributed by atoms with E-state index in [9.17, 15) is 4.79 Å². The van der Waals surface area contributed by atoms with Gasteiger partial charge in [-0.3, -0.25) is 4.79 Å². The fourth-order valence-electron chi connectivity index (χ4n) is 4.14. The van der Waals surface area contributed by atoms with Gasteiger partial charge in [-0.05, 0) is 37.5 Å². The summed E-state index contributed by atoms with van der Waals surface area (Å²) in [5.41, 5.74) is 5.45. The highest BCUT2D eigenvalue weighted by molar-refractivity contribution is 8.00. The van der Waals surface area contributed by atoms with Crippen molar-refractivity contribution in [1.29, 1.82) is 0 Å². The van der Waals surface area contributed by atoms with Gasteiger partial charge in [-0.1, -0.05) is 54.2 Å². The zero-order valence-electron chi connectivity index (χ0n) is 18.4. The van der Waals surface area contributed by atoms with E-state index in [1.807, 2.05) is 66.2 Å². The summed E-state index contributed by atoms with van der Waals surface area (Å²) in [7, 11) is 0. The molecule has 0 spiro atoms. The molecule has 2 aliphatic rings. The third-order valence-corrected chi connectivity index (χ3v) is 7.02. The zero-order valence-corrected chi connectivity index (χ0v) is 19.3. The molecule has 3 unspecified atom stereocenters. The van der Waals surface area contributed by atoms with E-state index in [4.69, 9.17) is 9.47 Å². The second-order valence-electron chi connectivity index (χ2n) is 8.04. The van der Waals surface area contributed by atoms with E-state index < -0.39 is 5.25 Å². The van der Waals surface area contributed by atoms with Crippen LogP contribution in [-0.2, 0) is 9.53 Å². The minimum atomic E-state index is -0.412. The molecule has 8 nitrogen and oxygen atoms in total. The average Bonchev–Trinajstić information content (AvgIpc) is 3.53. The quantitative estimate of drug-likeness (QED) is 0.553. The van der Waals surface area contributed by atoms with Crippen LogP contribution < -0.4 is 15.5 Å². The van der Waals surface area contributed by atoms with Crippen molar-refractivity contribution in [2.75, 3.05) is 25.2 Å². The number of fused-ring (bicyclic) bond motifs is 1. The maximum absolute atomic E-state index is 13.3. The van der Waals surface area contributed by atoms with Gasteiger partial charge in [0.2, 0.25) is 11.1 Å². The molecule has 2 aliphatic heterocycles. The van der Waals surface area contributed by atoms with Crippen LogP contribution in [0.5, 0.6) is 5.75 Å². The topological polar surface area (TPSA) is 90.3 Å². The van der Waals surface area contributed by atoms with Crippen LogP contribution in [0.4, 0.5) is 0 Å². The van der Waals surface area contributed by atoms with Crippen LogP contribution >= 0.6 is 11.8 Å². The highest BCUT2D eigenvalue weighted by Crippen LogP contribution is 2.39. The largest absolute Gasteiger partial charge is 0.494 e. The second-order valence-corrected chi connectivity index (χ2v) is 9.14. The van der Waals surface area contributed by atoms with Crippen LogP contribution in [0, 0.1) is 0 Å². The van der Waals surface area contributed by atoms with Crippen molar-refractivity contribution in [3.63, 3.8) is 0 Å². The molecule has 33 heavy (non-hydrogen) atoms. The van der Waals surface area contributed by atoms with E-state index in [1.165, 1.54) is 11.8 Å². The van der Waals surface area contributed by atoms with Crippen molar-refractivity contribution in [2.45, 2.75) is 42.3 Å². The summed E-state index contributed by atoms with van der Waals surface area (Å²) < 4.78 is 13.1. The summed E-state index contributed by atoms with van der Waals surface area (Å²) in [6.07, 6.45) is 2.11. The van der Waals surface area contributed by atoms with Crippen LogP contribution in [0.25, 0.3) is 11.4 Å². The Balaban J connectivity index is 1.43. The lowest BCUT2D eigenvalue weighted by atomic mass is 10.0. The number of ether oxygens (including phenoxy) is 2. The van der Waals surface area contributed by atoms with Gasteiger partial charge in [-0.15, -0.1) is 10.2 Å². The first-order valence-corrected chi connectivity index (χ1v) is 12.2. The van der Waals surface area contributed by atoms with Gasteiger partial charge in [-0.2, -0.15) is 0 Å². The third kappa shape index (κ3) is 4.69. The molecular weight excluding hydrogens is 438 g/mol. The maximum atomic E-state index is 13.3. The number of benzene rings is 2. The SMILES string of the molecule is CCOc1ccc(C2Nn3c(nnc3-c3ccccc3)SC2C(=O)NCC2CCCO2)cc1. The highest BCUT2D eigenvalue weighted by atomic mass is 32.2. The number of hydrogen-bond donors (Lipinski definition) is 2. The minimum Gasteiger partial charge on any atom is -0.494 e. The van der Waals surface area contributed by atoms with Crippen molar-refractivity contribution in [1.82, 2.24) is 20.2 Å². The van der Waals surface area contributed by atoms with Crippen LogP contribution in [0.15, 0.2) is 59.8 Å².